The number of carbonyl (C=O) groups excluding carboxylic acids is 3. The third-order valence-corrected chi connectivity index (χ3v) is 8.81. The molecule has 0 saturated carbocycles. The molecule has 3 aliphatic rings. The highest BCUT2D eigenvalue weighted by Crippen LogP contribution is 2.63. The summed E-state index contributed by atoms with van der Waals surface area (Å²) in [7, 11) is 0. The Bertz CT molecular complexity index is 1250. The first kappa shape index (κ1) is 27.3. The highest BCUT2D eigenvalue weighted by molar-refractivity contribution is 6.05. The van der Waals surface area contributed by atoms with Crippen molar-refractivity contribution in [1.29, 1.82) is 0 Å². The number of anilines is 2. The molecule has 5 rings (SSSR count). The van der Waals surface area contributed by atoms with Crippen LogP contribution in [0.3, 0.4) is 0 Å². The van der Waals surface area contributed by atoms with E-state index in [4.69, 9.17) is 9.84 Å². The number of fused-ring (bicyclic) bond motifs is 1. The van der Waals surface area contributed by atoms with Gasteiger partial charge in [0.2, 0.25) is 17.7 Å². The number of hydrogen-bond acceptors (Lipinski definition) is 5. The first-order valence-corrected chi connectivity index (χ1v) is 14.1. The number of hydrogen-bond donors (Lipinski definition) is 3. The van der Waals surface area contributed by atoms with Crippen LogP contribution in [0.5, 0.6) is 0 Å². The van der Waals surface area contributed by atoms with Gasteiger partial charge in [-0.25, -0.2) is 0 Å². The van der Waals surface area contributed by atoms with Gasteiger partial charge >= 0.3 is 0 Å². The molecule has 39 heavy (non-hydrogen) atoms. The third-order valence-electron chi connectivity index (χ3n) is 8.81. The lowest BCUT2D eigenvalue weighted by Gasteiger charge is -2.33. The summed E-state index contributed by atoms with van der Waals surface area (Å²) in [6, 6.07) is 14.3. The van der Waals surface area contributed by atoms with Gasteiger partial charge in [-0.2, -0.15) is 0 Å². The molecule has 2 aromatic carbocycles. The van der Waals surface area contributed by atoms with Gasteiger partial charge in [-0.15, -0.1) is 0 Å². The maximum Gasteiger partial charge on any atom is 0.250 e. The molecule has 0 aromatic heterocycles. The number of aliphatic hydroxyl groups is 1. The highest BCUT2D eigenvalue weighted by atomic mass is 16.5. The number of benzene rings is 2. The summed E-state index contributed by atoms with van der Waals surface area (Å²) in [5, 5.41) is 15.2. The molecule has 208 valence electrons. The van der Waals surface area contributed by atoms with Crippen molar-refractivity contribution in [2.75, 3.05) is 23.8 Å². The number of para-hydroxylation sites is 1. The lowest BCUT2D eigenvalue weighted by molar-refractivity contribution is -0.143. The summed E-state index contributed by atoms with van der Waals surface area (Å²) in [5.74, 6) is -2.14. The van der Waals surface area contributed by atoms with Crippen molar-refractivity contribution in [3.8, 4) is 0 Å². The first-order chi connectivity index (χ1) is 18.7. The van der Waals surface area contributed by atoms with Crippen molar-refractivity contribution in [3.05, 3.63) is 59.7 Å². The SMILES string of the molecule is Cc1ccc(C)c(NC(=O)C2N(CCCCCCO)C(=O)[C@@H]3[C@H](C(=O)Nc4ccccc4)[C@]4(C)CCC23O4)c1. The molecule has 3 fully saturated rings. The lowest BCUT2D eigenvalue weighted by Crippen LogP contribution is -2.53. The zero-order valence-corrected chi connectivity index (χ0v) is 23.0. The number of nitrogens with zero attached hydrogens (tertiary/aromatic N) is 1. The Labute approximate surface area is 230 Å². The normalized spacial score (nSPS) is 29.0. The monoisotopic (exact) mass is 533 g/mol. The van der Waals surface area contributed by atoms with Crippen LogP contribution < -0.4 is 10.6 Å². The van der Waals surface area contributed by atoms with E-state index in [-0.39, 0.29) is 24.3 Å². The van der Waals surface area contributed by atoms with Gasteiger partial charge in [0.15, 0.2) is 0 Å². The zero-order chi connectivity index (χ0) is 27.8. The quantitative estimate of drug-likeness (QED) is 0.397. The summed E-state index contributed by atoms with van der Waals surface area (Å²) < 4.78 is 6.70. The van der Waals surface area contributed by atoms with Crippen molar-refractivity contribution in [2.45, 2.75) is 76.5 Å². The average molecular weight is 534 g/mol. The maximum atomic E-state index is 14.1. The van der Waals surface area contributed by atoms with Crippen LogP contribution in [0.25, 0.3) is 0 Å². The van der Waals surface area contributed by atoms with Gasteiger partial charge in [0.05, 0.1) is 17.4 Å². The van der Waals surface area contributed by atoms with E-state index in [0.29, 0.717) is 43.6 Å². The van der Waals surface area contributed by atoms with E-state index in [0.717, 1.165) is 24.0 Å². The Balaban J connectivity index is 1.46. The molecule has 3 saturated heterocycles. The average Bonchev–Trinajstić information content (AvgIpc) is 3.47. The molecule has 1 spiro atoms. The predicted molar refractivity (Wildman–Crippen MR) is 149 cm³/mol. The van der Waals surface area contributed by atoms with Crippen LogP contribution in [0.2, 0.25) is 0 Å². The van der Waals surface area contributed by atoms with E-state index in [1.807, 2.05) is 69.3 Å². The van der Waals surface area contributed by atoms with Crippen molar-refractivity contribution in [1.82, 2.24) is 4.90 Å². The second kappa shape index (κ2) is 10.7. The van der Waals surface area contributed by atoms with Crippen molar-refractivity contribution >= 4 is 29.1 Å². The number of aryl methyl sites for hydroxylation is 2. The second-order valence-corrected chi connectivity index (χ2v) is 11.6. The maximum absolute atomic E-state index is 14.1. The molecule has 3 aliphatic heterocycles. The van der Waals surface area contributed by atoms with Crippen LogP contribution in [-0.4, -0.2) is 58.1 Å². The molecule has 8 heteroatoms. The molecule has 2 unspecified atom stereocenters. The third kappa shape index (κ3) is 4.85. The molecular weight excluding hydrogens is 494 g/mol. The summed E-state index contributed by atoms with van der Waals surface area (Å²) >= 11 is 0. The van der Waals surface area contributed by atoms with Crippen LogP contribution in [-0.2, 0) is 19.1 Å². The molecule has 2 aromatic rings. The summed E-state index contributed by atoms with van der Waals surface area (Å²) in [6.45, 7) is 6.36. The Morgan fingerprint density at radius 2 is 1.74 bits per heavy atom. The number of carbonyl (C=O) groups is 3. The van der Waals surface area contributed by atoms with Crippen molar-refractivity contribution in [2.24, 2.45) is 11.8 Å². The highest BCUT2D eigenvalue weighted by Gasteiger charge is 2.77. The number of amides is 3. The van der Waals surface area contributed by atoms with E-state index in [1.54, 1.807) is 4.90 Å². The van der Waals surface area contributed by atoms with E-state index in [9.17, 15) is 14.4 Å². The van der Waals surface area contributed by atoms with E-state index >= 15 is 0 Å². The fourth-order valence-corrected chi connectivity index (χ4v) is 6.93. The predicted octanol–water partition coefficient (Wildman–Crippen LogP) is 4.20. The zero-order valence-electron chi connectivity index (χ0n) is 23.0. The number of rotatable bonds is 10. The lowest BCUT2D eigenvalue weighted by atomic mass is 9.66. The van der Waals surface area contributed by atoms with Crippen LogP contribution >= 0.6 is 0 Å². The molecule has 0 aliphatic carbocycles. The molecule has 3 N–H and O–H groups in total. The second-order valence-electron chi connectivity index (χ2n) is 11.6. The largest absolute Gasteiger partial charge is 0.396 e. The number of nitrogens with one attached hydrogen (secondary N) is 2. The van der Waals surface area contributed by atoms with Gasteiger partial charge in [-0.05, 0) is 75.8 Å². The van der Waals surface area contributed by atoms with Crippen molar-refractivity contribution in [3.63, 3.8) is 0 Å². The Morgan fingerprint density at radius 3 is 2.49 bits per heavy atom. The smallest absolute Gasteiger partial charge is 0.250 e. The van der Waals surface area contributed by atoms with E-state index in [1.165, 1.54) is 0 Å². The van der Waals surface area contributed by atoms with Crippen LogP contribution in [0.15, 0.2) is 48.5 Å². The van der Waals surface area contributed by atoms with Crippen LogP contribution in [0.1, 0.15) is 56.6 Å². The molecule has 8 nitrogen and oxygen atoms in total. The van der Waals surface area contributed by atoms with Gasteiger partial charge in [-0.3, -0.25) is 14.4 Å². The number of likely N-dealkylation sites (tertiary alicyclic amines) is 1. The summed E-state index contributed by atoms with van der Waals surface area (Å²) in [6.07, 6.45) is 4.25. The summed E-state index contributed by atoms with van der Waals surface area (Å²) in [4.78, 5) is 43.5. The Morgan fingerprint density at radius 1 is 1.00 bits per heavy atom. The minimum absolute atomic E-state index is 0.138. The first-order valence-electron chi connectivity index (χ1n) is 14.1. The van der Waals surface area contributed by atoms with Gasteiger partial charge in [0, 0.05) is 24.5 Å². The van der Waals surface area contributed by atoms with Crippen LogP contribution in [0, 0.1) is 25.7 Å². The number of aliphatic hydroxyl groups excluding tert-OH is 1. The van der Waals surface area contributed by atoms with E-state index in [2.05, 4.69) is 10.6 Å². The minimum Gasteiger partial charge on any atom is -0.396 e. The number of unbranched alkanes of at least 4 members (excludes halogenated alkanes) is 3. The Kier molecular flexibility index (Phi) is 7.53. The molecule has 2 bridgehead atoms. The van der Waals surface area contributed by atoms with Gasteiger partial charge < -0.3 is 25.4 Å². The molecule has 5 atom stereocenters. The molecule has 3 heterocycles. The molecule has 3 amide bonds. The fourth-order valence-electron chi connectivity index (χ4n) is 6.93. The van der Waals surface area contributed by atoms with Crippen LogP contribution in [0.4, 0.5) is 11.4 Å². The molecular formula is C31H39N3O5. The van der Waals surface area contributed by atoms with Gasteiger partial charge in [0.25, 0.3) is 0 Å². The minimum atomic E-state index is -1.06. The fraction of sp³-hybridized carbons (Fsp3) is 0.516. The van der Waals surface area contributed by atoms with Crippen molar-refractivity contribution < 1.29 is 24.2 Å². The van der Waals surface area contributed by atoms with E-state index < -0.39 is 29.1 Å². The topological polar surface area (TPSA) is 108 Å². The Hall–Kier alpha value is -3.23. The number of ether oxygens (including phenoxy) is 1. The van der Waals surface area contributed by atoms with Gasteiger partial charge in [0.1, 0.15) is 11.6 Å². The summed E-state index contributed by atoms with van der Waals surface area (Å²) in [5.41, 5.74) is 1.46. The molecule has 0 radical (unpaired) electrons. The van der Waals surface area contributed by atoms with Gasteiger partial charge in [-0.1, -0.05) is 43.2 Å². The standard InChI is InChI=1S/C31H39N3O5/c1-20-13-14-21(2)23(19-20)33-28(37)26-31-16-15-30(3,39-31)24(27(36)32-22-11-7-6-8-12-22)25(31)29(38)34(26)17-9-4-5-10-18-35/h6-8,11-14,19,24-26,35H,4-5,9-10,15-18H2,1-3H3,(H,32,36)(H,33,37)/t24-,25+,26?,30+,31?/m1/s1.